The lowest BCUT2D eigenvalue weighted by molar-refractivity contribution is -0.140. The Balaban J connectivity index is 1.70. The van der Waals surface area contributed by atoms with Crippen molar-refractivity contribution in [3.05, 3.63) is 35.9 Å². The van der Waals surface area contributed by atoms with Crippen LogP contribution in [0.4, 0.5) is 0 Å². The molecule has 0 unspecified atom stereocenters. The number of benzene rings is 1. The Morgan fingerprint density at radius 2 is 2.09 bits per heavy atom. The van der Waals surface area contributed by atoms with Gasteiger partial charge in [0, 0.05) is 13.2 Å². The van der Waals surface area contributed by atoms with E-state index in [1.165, 1.54) is 5.56 Å². The first-order chi connectivity index (χ1) is 11.2. The van der Waals surface area contributed by atoms with Crippen molar-refractivity contribution >= 4 is 5.91 Å². The number of hydrogen-bond donors (Lipinski definition) is 1. The predicted molar refractivity (Wildman–Crippen MR) is 89.1 cm³/mol. The Hall–Kier alpha value is -1.39. The summed E-state index contributed by atoms with van der Waals surface area (Å²) in [7, 11) is 0. The molecule has 0 aromatic heterocycles. The topological polar surface area (TPSA) is 49.8 Å². The van der Waals surface area contributed by atoms with Crippen LogP contribution in [0.5, 0.6) is 0 Å². The molecule has 0 bridgehead atoms. The number of aliphatic hydroxyl groups excluding tert-OH is 1. The van der Waals surface area contributed by atoms with Crippen molar-refractivity contribution in [3.8, 4) is 0 Å². The maximum atomic E-state index is 12.8. The molecule has 126 valence electrons. The fourth-order valence-electron chi connectivity index (χ4n) is 3.98. The molecular formula is C19H27NO3. The van der Waals surface area contributed by atoms with Crippen molar-refractivity contribution in [1.29, 1.82) is 0 Å². The largest absolute Gasteiger partial charge is 0.394 e. The number of rotatable bonds is 5. The van der Waals surface area contributed by atoms with E-state index in [1.54, 1.807) is 0 Å². The van der Waals surface area contributed by atoms with Gasteiger partial charge in [-0.25, -0.2) is 0 Å². The summed E-state index contributed by atoms with van der Waals surface area (Å²) < 4.78 is 5.72. The molecule has 0 aliphatic carbocycles. The molecule has 1 amide bonds. The van der Waals surface area contributed by atoms with E-state index in [9.17, 15) is 9.90 Å². The number of nitrogens with zero attached hydrogens (tertiary/aromatic N) is 1. The molecule has 1 aromatic rings. The number of carbonyl (C=O) groups excluding carboxylic acids is 1. The molecular weight excluding hydrogens is 290 g/mol. The molecule has 4 nitrogen and oxygen atoms in total. The number of ether oxygens (including phenoxy) is 1. The van der Waals surface area contributed by atoms with Gasteiger partial charge in [-0.05, 0) is 44.1 Å². The van der Waals surface area contributed by atoms with Crippen molar-refractivity contribution in [2.45, 2.75) is 56.6 Å². The molecule has 1 N–H and O–H groups in total. The smallest absolute Gasteiger partial charge is 0.225 e. The maximum absolute atomic E-state index is 12.8. The van der Waals surface area contributed by atoms with Gasteiger partial charge in [0.15, 0.2) is 0 Å². The number of amides is 1. The third-order valence-electron chi connectivity index (χ3n) is 5.24. The highest BCUT2D eigenvalue weighted by Gasteiger charge is 2.43. The van der Waals surface area contributed by atoms with Crippen molar-refractivity contribution < 1.29 is 14.6 Å². The second-order valence-electron chi connectivity index (χ2n) is 6.89. The van der Waals surface area contributed by atoms with Crippen LogP contribution in [0.1, 0.15) is 44.1 Å². The van der Waals surface area contributed by atoms with Gasteiger partial charge in [0.05, 0.1) is 24.7 Å². The summed E-state index contributed by atoms with van der Waals surface area (Å²) in [5.74, 6) is 0.138. The van der Waals surface area contributed by atoms with Crippen LogP contribution in [-0.4, -0.2) is 47.3 Å². The first-order valence-corrected chi connectivity index (χ1v) is 8.80. The van der Waals surface area contributed by atoms with Crippen molar-refractivity contribution in [2.75, 3.05) is 19.8 Å². The number of aliphatic hydroxyl groups is 1. The molecule has 3 rings (SSSR count). The molecule has 1 aromatic carbocycles. The number of hydrogen-bond acceptors (Lipinski definition) is 3. The molecule has 2 heterocycles. The lowest BCUT2D eigenvalue weighted by Gasteiger charge is -2.38. The highest BCUT2D eigenvalue weighted by atomic mass is 16.5. The first kappa shape index (κ1) is 16.5. The van der Waals surface area contributed by atoms with Gasteiger partial charge in [-0.3, -0.25) is 4.79 Å². The zero-order valence-corrected chi connectivity index (χ0v) is 13.7. The maximum Gasteiger partial charge on any atom is 0.225 e. The standard InChI is InChI=1S/C19H27NO3/c21-15-19(14-16-7-2-1-3-8-16)10-6-11-20(19)18(22)13-17-9-4-5-12-23-17/h1-3,7-8,17,21H,4-6,9-15H2/t17-,19-/m1/s1. The molecule has 0 saturated carbocycles. The minimum atomic E-state index is -0.437. The van der Waals surface area contributed by atoms with Crippen molar-refractivity contribution in [1.82, 2.24) is 4.90 Å². The zero-order chi connectivity index (χ0) is 16.1. The highest BCUT2D eigenvalue weighted by Crippen LogP contribution is 2.33. The summed E-state index contributed by atoms with van der Waals surface area (Å²) in [6.07, 6.45) is 6.30. The van der Waals surface area contributed by atoms with E-state index in [0.717, 1.165) is 51.7 Å². The Bertz CT molecular complexity index is 513. The van der Waals surface area contributed by atoms with Crippen LogP contribution >= 0.6 is 0 Å². The zero-order valence-electron chi connectivity index (χ0n) is 13.7. The second kappa shape index (κ2) is 7.45. The van der Waals surface area contributed by atoms with Gasteiger partial charge < -0.3 is 14.7 Å². The average molecular weight is 317 g/mol. The van der Waals surface area contributed by atoms with Gasteiger partial charge in [-0.1, -0.05) is 30.3 Å². The lowest BCUT2D eigenvalue weighted by atomic mass is 9.88. The minimum Gasteiger partial charge on any atom is -0.394 e. The fraction of sp³-hybridized carbons (Fsp3) is 0.632. The van der Waals surface area contributed by atoms with Crippen molar-refractivity contribution in [2.24, 2.45) is 0 Å². The summed E-state index contributed by atoms with van der Waals surface area (Å²) in [6.45, 7) is 1.55. The van der Waals surface area contributed by atoms with E-state index in [0.29, 0.717) is 6.42 Å². The monoisotopic (exact) mass is 317 g/mol. The van der Waals surface area contributed by atoms with Crippen molar-refractivity contribution in [3.63, 3.8) is 0 Å². The third-order valence-corrected chi connectivity index (χ3v) is 5.24. The fourth-order valence-corrected chi connectivity index (χ4v) is 3.98. The third kappa shape index (κ3) is 3.75. The van der Waals surface area contributed by atoms with Gasteiger partial charge in [0.2, 0.25) is 5.91 Å². The Morgan fingerprint density at radius 3 is 2.78 bits per heavy atom. The van der Waals surface area contributed by atoms with Crippen LogP contribution in [0.2, 0.25) is 0 Å². The van der Waals surface area contributed by atoms with Gasteiger partial charge in [-0.15, -0.1) is 0 Å². The molecule has 2 atom stereocenters. The van der Waals surface area contributed by atoms with E-state index in [2.05, 4.69) is 12.1 Å². The van der Waals surface area contributed by atoms with E-state index in [-0.39, 0.29) is 18.6 Å². The molecule has 0 spiro atoms. The summed E-state index contributed by atoms with van der Waals surface area (Å²) in [5, 5.41) is 10.1. The van der Waals surface area contributed by atoms with E-state index in [4.69, 9.17) is 4.74 Å². The van der Waals surface area contributed by atoms with Gasteiger partial charge in [-0.2, -0.15) is 0 Å². The number of carbonyl (C=O) groups is 1. The molecule has 2 saturated heterocycles. The lowest BCUT2D eigenvalue weighted by Crippen LogP contribution is -2.52. The Labute approximate surface area is 138 Å². The SMILES string of the molecule is O=C(C[C@H]1CCCCO1)N1CCC[C@]1(CO)Cc1ccccc1. The predicted octanol–water partition coefficient (Wildman–Crippen LogP) is 2.54. The molecule has 2 aliphatic heterocycles. The second-order valence-corrected chi connectivity index (χ2v) is 6.89. The van der Waals surface area contributed by atoms with Crippen LogP contribution in [-0.2, 0) is 16.0 Å². The van der Waals surface area contributed by atoms with Crippen LogP contribution < -0.4 is 0 Å². The summed E-state index contributed by atoms with van der Waals surface area (Å²) >= 11 is 0. The quantitative estimate of drug-likeness (QED) is 0.908. The van der Waals surface area contributed by atoms with Gasteiger partial charge in [0.25, 0.3) is 0 Å². The van der Waals surface area contributed by atoms with Gasteiger partial charge >= 0.3 is 0 Å². The highest BCUT2D eigenvalue weighted by molar-refractivity contribution is 5.78. The normalized spacial score (nSPS) is 28.0. The molecule has 4 heteroatoms. The Kier molecular flexibility index (Phi) is 5.34. The summed E-state index contributed by atoms with van der Waals surface area (Å²) in [4.78, 5) is 14.7. The first-order valence-electron chi connectivity index (χ1n) is 8.80. The molecule has 23 heavy (non-hydrogen) atoms. The molecule has 2 fully saturated rings. The van der Waals surface area contributed by atoms with E-state index in [1.807, 2.05) is 23.1 Å². The van der Waals surface area contributed by atoms with E-state index < -0.39 is 5.54 Å². The summed E-state index contributed by atoms with van der Waals surface area (Å²) in [5.41, 5.74) is 0.739. The average Bonchev–Trinajstić information content (AvgIpc) is 3.01. The summed E-state index contributed by atoms with van der Waals surface area (Å²) in [6, 6.07) is 10.2. The van der Waals surface area contributed by atoms with Crippen LogP contribution in [0, 0.1) is 0 Å². The van der Waals surface area contributed by atoms with Crippen LogP contribution in [0.3, 0.4) is 0 Å². The van der Waals surface area contributed by atoms with E-state index >= 15 is 0 Å². The van der Waals surface area contributed by atoms with Gasteiger partial charge in [0.1, 0.15) is 0 Å². The Morgan fingerprint density at radius 1 is 1.26 bits per heavy atom. The van der Waals surface area contributed by atoms with Crippen LogP contribution in [0.15, 0.2) is 30.3 Å². The van der Waals surface area contributed by atoms with Crippen LogP contribution in [0.25, 0.3) is 0 Å². The molecule has 0 radical (unpaired) electrons. The number of likely N-dealkylation sites (tertiary alicyclic amines) is 1. The minimum absolute atomic E-state index is 0.0269. The molecule has 2 aliphatic rings.